The average molecular weight is 482 g/mol. The molecule has 3 N–H and O–H groups in total. The van der Waals surface area contributed by atoms with E-state index < -0.39 is 46.7 Å². The minimum atomic E-state index is -1.15. The molecule has 0 fully saturated rings. The number of nitrogens with zero attached hydrogens (tertiary/aromatic N) is 1. The van der Waals surface area contributed by atoms with Crippen LogP contribution in [-0.4, -0.2) is 56.4 Å². The number of aromatic hydroxyl groups is 1. The number of hydrogen-bond acceptors (Lipinski definition) is 6. The number of phenols is 1. The minimum Gasteiger partial charge on any atom is -0.508 e. The maximum Gasteiger partial charge on any atom is 0.408 e. The molecule has 0 aliphatic rings. The fourth-order valence-corrected chi connectivity index (χ4v) is 3.45. The molecule has 0 aliphatic heterocycles. The number of hydrogen-bond donors (Lipinski definition) is 4. The molecule has 0 spiro atoms. The Morgan fingerprint density at radius 1 is 1.03 bits per heavy atom. The molecule has 0 aromatic heterocycles. The zero-order chi connectivity index (χ0) is 25.8. The van der Waals surface area contributed by atoms with Gasteiger partial charge in [0.2, 0.25) is 11.8 Å². The summed E-state index contributed by atoms with van der Waals surface area (Å²) in [6.07, 6.45) is -0.762. The number of benzene rings is 1. The fraction of sp³-hybridized carbons (Fsp3) is 0.625. The lowest BCUT2D eigenvalue weighted by molar-refractivity contribution is -0.148. The van der Waals surface area contributed by atoms with Crippen LogP contribution in [0.25, 0.3) is 0 Å². The van der Waals surface area contributed by atoms with Crippen molar-refractivity contribution in [2.24, 2.45) is 0 Å². The number of nitrogens with one attached hydrogen (secondary N) is 2. The molecule has 8 nitrogen and oxygen atoms in total. The number of ether oxygens (including phenoxy) is 1. The van der Waals surface area contributed by atoms with Gasteiger partial charge in [-0.2, -0.15) is 12.6 Å². The molecule has 0 saturated carbocycles. The normalized spacial score (nSPS) is 14.1. The Labute approximate surface area is 202 Å². The summed E-state index contributed by atoms with van der Waals surface area (Å²) >= 11 is 4.26. The third-order valence-corrected chi connectivity index (χ3v) is 4.73. The van der Waals surface area contributed by atoms with E-state index in [1.807, 2.05) is 20.8 Å². The first kappa shape index (κ1) is 28.6. The van der Waals surface area contributed by atoms with E-state index in [4.69, 9.17) is 4.74 Å². The van der Waals surface area contributed by atoms with Gasteiger partial charge in [-0.25, -0.2) is 4.79 Å². The second kappa shape index (κ2) is 10.7. The summed E-state index contributed by atoms with van der Waals surface area (Å²) in [5, 5.41) is 16.0. The summed E-state index contributed by atoms with van der Waals surface area (Å²) in [5.41, 5.74) is -1.90. The highest BCUT2D eigenvalue weighted by molar-refractivity contribution is 7.80. The number of thiol groups is 1. The molecule has 0 aliphatic carbocycles. The van der Waals surface area contributed by atoms with E-state index in [0.717, 1.165) is 0 Å². The number of rotatable bonds is 6. The highest BCUT2D eigenvalue weighted by atomic mass is 32.1. The number of carbonyl (C=O) groups excluding carboxylic acids is 3. The predicted molar refractivity (Wildman–Crippen MR) is 132 cm³/mol. The Balaban J connectivity index is 3.52. The molecular formula is C24H39N3O5S. The Hall–Kier alpha value is -2.42. The van der Waals surface area contributed by atoms with E-state index in [0.29, 0.717) is 0 Å². The average Bonchev–Trinajstić information content (AvgIpc) is 2.60. The van der Waals surface area contributed by atoms with Crippen LogP contribution in [-0.2, 0) is 14.3 Å². The first-order valence-electron chi connectivity index (χ1n) is 10.9. The van der Waals surface area contributed by atoms with Gasteiger partial charge in [0.15, 0.2) is 0 Å². The summed E-state index contributed by atoms with van der Waals surface area (Å²) in [6.45, 7) is 16.0. The van der Waals surface area contributed by atoms with Crippen LogP contribution in [0.3, 0.4) is 0 Å². The molecule has 0 saturated heterocycles. The quantitative estimate of drug-likeness (QED) is 0.462. The second-order valence-electron chi connectivity index (χ2n) is 11.0. The van der Waals surface area contributed by atoms with Gasteiger partial charge in [-0.1, -0.05) is 18.2 Å². The van der Waals surface area contributed by atoms with Gasteiger partial charge >= 0.3 is 6.09 Å². The van der Waals surface area contributed by atoms with Gasteiger partial charge in [0.25, 0.3) is 0 Å². The topological polar surface area (TPSA) is 108 Å². The van der Waals surface area contributed by atoms with Gasteiger partial charge < -0.3 is 25.4 Å². The predicted octanol–water partition coefficient (Wildman–Crippen LogP) is 3.80. The SMILES string of the molecule is CC(C)(C)NC(=O)C(c1ccccc1O)N(C(=O)C(CS)NC(=O)OC(C)(C)C)C(C)(C)C. The first-order valence-corrected chi connectivity index (χ1v) is 11.5. The van der Waals surface area contributed by atoms with Crippen LogP contribution < -0.4 is 10.6 Å². The van der Waals surface area contributed by atoms with Crippen LogP contribution in [0.4, 0.5) is 4.79 Å². The molecule has 2 atom stereocenters. The van der Waals surface area contributed by atoms with Crippen molar-refractivity contribution >= 4 is 30.5 Å². The zero-order valence-corrected chi connectivity index (χ0v) is 22.0. The third-order valence-electron chi connectivity index (χ3n) is 4.37. The number of carbonyl (C=O) groups is 3. The molecule has 9 heteroatoms. The van der Waals surface area contributed by atoms with Gasteiger partial charge in [0.05, 0.1) is 0 Å². The summed E-state index contributed by atoms with van der Waals surface area (Å²) < 4.78 is 5.29. The lowest BCUT2D eigenvalue weighted by Gasteiger charge is -2.43. The van der Waals surface area contributed by atoms with Crippen molar-refractivity contribution in [1.82, 2.24) is 15.5 Å². The van der Waals surface area contributed by atoms with E-state index in [2.05, 4.69) is 23.3 Å². The van der Waals surface area contributed by atoms with E-state index >= 15 is 0 Å². The number of amides is 3. The van der Waals surface area contributed by atoms with Crippen molar-refractivity contribution in [3.05, 3.63) is 29.8 Å². The van der Waals surface area contributed by atoms with Crippen LogP contribution in [0.15, 0.2) is 24.3 Å². The van der Waals surface area contributed by atoms with Crippen molar-refractivity contribution in [1.29, 1.82) is 0 Å². The maximum absolute atomic E-state index is 13.8. The van der Waals surface area contributed by atoms with Crippen molar-refractivity contribution in [3.63, 3.8) is 0 Å². The zero-order valence-electron chi connectivity index (χ0n) is 21.1. The highest BCUT2D eigenvalue weighted by Gasteiger charge is 2.43. The molecule has 0 heterocycles. The van der Waals surface area contributed by atoms with Crippen molar-refractivity contribution in [2.75, 3.05) is 5.75 Å². The van der Waals surface area contributed by atoms with Gasteiger partial charge in [-0.15, -0.1) is 0 Å². The Bertz CT molecular complexity index is 853. The molecule has 0 bridgehead atoms. The summed E-state index contributed by atoms with van der Waals surface area (Å²) in [6, 6.07) is 4.19. The van der Waals surface area contributed by atoms with Gasteiger partial charge in [-0.3, -0.25) is 9.59 Å². The molecule has 1 aromatic rings. The lowest BCUT2D eigenvalue weighted by Crippen LogP contribution is -2.60. The van der Waals surface area contributed by atoms with Crippen LogP contribution in [0.1, 0.15) is 73.9 Å². The Kier molecular flexibility index (Phi) is 9.25. The molecule has 0 radical (unpaired) electrons. The van der Waals surface area contributed by atoms with Crippen molar-refractivity contribution < 1.29 is 24.2 Å². The van der Waals surface area contributed by atoms with E-state index in [-0.39, 0.29) is 17.1 Å². The molecule has 3 amide bonds. The lowest BCUT2D eigenvalue weighted by atomic mass is 9.94. The number of phenolic OH excluding ortho intramolecular Hbond substituents is 1. The smallest absolute Gasteiger partial charge is 0.408 e. The summed E-state index contributed by atoms with van der Waals surface area (Å²) in [4.78, 5) is 41.0. The molecule has 2 unspecified atom stereocenters. The first-order chi connectivity index (χ1) is 14.9. The Morgan fingerprint density at radius 3 is 2.00 bits per heavy atom. The number of para-hydroxylation sites is 1. The van der Waals surface area contributed by atoms with Crippen LogP contribution in [0.2, 0.25) is 0 Å². The molecule has 33 heavy (non-hydrogen) atoms. The molecule has 1 rings (SSSR count). The Morgan fingerprint density at radius 2 is 1.58 bits per heavy atom. The molecule has 186 valence electrons. The van der Waals surface area contributed by atoms with Crippen molar-refractivity contribution in [3.8, 4) is 5.75 Å². The fourth-order valence-electron chi connectivity index (χ4n) is 3.20. The maximum atomic E-state index is 13.8. The third kappa shape index (κ3) is 8.79. The van der Waals surface area contributed by atoms with Crippen LogP contribution in [0.5, 0.6) is 5.75 Å². The van der Waals surface area contributed by atoms with E-state index in [1.165, 1.54) is 11.0 Å². The summed E-state index contributed by atoms with van der Waals surface area (Å²) in [5.74, 6) is -1.11. The second-order valence-corrected chi connectivity index (χ2v) is 11.3. The minimum absolute atomic E-state index is 0.0148. The van der Waals surface area contributed by atoms with Gasteiger partial charge in [0.1, 0.15) is 23.4 Å². The van der Waals surface area contributed by atoms with Crippen LogP contribution >= 0.6 is 12.6 Å². The molecule has 1 aromatic carbocycles. The van der Waals surface area contributed by atoms with E-state index in [1.54, 1.807) is 59.7 Å². The monoisotopic (exact) mass is 481 g/mol. The van der Waals surface area contributed by atoms with E-state index in [9.17, 15) is 19.5 Å². The van der Waals surface area contributed by atoms with Crippen molar-refractivity contribution in [2.45, 2.75) is 91.1 Å². The largest absolute Gasteiger partial charge is 0.508 e. The summed E-state index contributed by atoms with van der Waals surface area (Å²) in [7, 11) is 0. The number of alkyl carbamates (subject to hydrolysis) is 1. The van der Waals surface area contributed by atoms with Gasteiger partial charge in [0, 0.05) is 22.4 Å². The van der Waals surface area contributed by atoms with Gasteiger partial charge in [-0.05, 0) is 68.4 Å². The molecular weight excluding hydrogens is 442 g/mol. The standard InChI is InChI=1S/C24H39N3O5S/c1-22(2,3)26-19(29)18(15-12-10-11-13-17(15)28)27(23(4,5)6)20(30)16(14-33)25-21(31)32-24(7,8)9/h10-13,16,18,28,33H,14H2,1-9H3,(H,25,31)(H,26,29). The highest BCUT2D eigenvalue weighted by Crippen LogP contribution is 2.34. The van der Waals surface area contributed by atoms with Crippen LogP contribution in [0, 0.1) is 0 Å².